The number of halogens is 1. The lowest BCUT2D eigenvalue weighted by molar-refractivity contribution is -0.116. The van der Waals surface area contributed by atoms with Crippen LogP contribution in [-0.4, -0.2) is 48.9 Å². The van der Waals surface area contributed by atoms with Gasteiger partial charge in [0.2, 0.25) is 5.91 Å². The van der Waals surface area contributed by atoms with Crippen molar-refractivity contribution in [3.05, 3.63) is 82.8 Å². The minimum absolute atomic E-state index is 0.00445. The third kappa shape index (κ3) is 9.32. The van der Waals surface area contributed by atoms with Gasteiger partial charge in [-0.25, -0.2) is 9.78 Å². The number of carbonyl (C=O) groups excluding carboxylic acids is 3. The van der Waals surface area contributed by atoms with Gasteiger partial charge in [-0.1, -0.05) is 23.7 Å². The minimum atomic E-state index is -0.658. The number of hydrogen-bond donors (Lipinski definition) is 3. The Morgan fingerprint density at radius 1 is 1.04 bits per heavy atom. The van der Waals surface area contributed by atoms with Crippen LogP contribution in [0, 0.1) is 18.3 Å². The summed E-state index contributed by atoms with van der Waals surface area (Å²) in [7, 11) is 1.48. The lowest BCUT2D eigenvalue weighted by Gasteiger charge is -2.19. The van der Waals surface area contributed by atoms with Gasteiger partial charge in [0, 0.05) is 47.5 Å². The fraction of sp³-hybridized carbons (Fsp3) is 0.265. The molecule has 3 N–H and O–H groups in total. The van der Waals surface area contributed by atoms with Crippen molar-refractivity contribution in [1.82, 2.24) is 10.3 Å². The maximum atomic E-state index is 13.2. The van der Waals surface area contributed by atoms with Crippen LogP contribution in [0.4, 0.5) is 16.3 Å². The average molecular weight is 660 g/mol. The van der Waals surface area contributed by atoms with E-state index in [0.29, 0.717) is 44.4 Å². The van der Waals surface area contributed by atoms with Crippen molar-refractivity contribution in [2.75, 3.05) is 31.1 Å². The average Bonchev–Trinajstić information content (AvgIpc) is 3.44. The molecule has 2 aromatic heterocycles. The number of aromatic nitrogens is 1. The first-order valence-corrected chi connectivity index (χ1v) is 14.9. The summed E-state index contributed by atoms with van der Waals surface area (Å²) in [5, 5.41) is 18.8. The van der Waals surface area contributed by atoms with Gasteiger partial charge in [-0.3, -0.25) is 9.59 Å². The number of aryl methyl sites for hydroxylation is 1. The molecule has 0 bridgehead atoms. The number of anilines is 2. The molecular formula is C34H34ClN5O7. The van der Waals surface area contributed by atoms with E-state index in [0.717, 1.165) is 0 Å². The molecule has 244 valence electrons. The number of ether oxygens (including phenoxy) is 3. The van der Waals surface area contributed by atoms with Crippen LogP contribution in [0.25, 0.3) is 22.4 Å². The molecule has 0 aliphatic rings. The number of pyridine rings is 1. The third-order valence-electron chi connectivity index (χ3n) is 6.46. The summed E-state index contributed by atoms with van der Waals surface area (Å²) in [6.45, 7) is 6.97. The molecule has 12 nitrogen and oxygen atoms in total. The van der Waals surface area contributed by atoms with E-state index >= 15 is 0 Å². The molecule has 0 aliphatic carbocycles. The summed E-state index contributed by atoms with van der Waals surface area (Å²) >= 11 is 6.25. The van der Waals surface area contributed by atoms with E-state index in [9.17, 15) is 19.6 Å². The van der Waals surface area contributed by atoms with Crippen LogP contribution >= 0.6 is 11.6 Å². The maximum Gasteiger partial charge on any atom is 0.407 e. The first-order valence-electron chi connectivity index (χ1n) is 14.5. The van der Waals surface area contributed by atoms with Crippen LogP contribution in [0.5, 0.6) is 5.75 Å². The van der Waals surface area contributed by atoms with Crippen LogP contribution in [0.1, 0.15) is 48.9 Å². The van der Waals surface area contributed by atoms with Crippen LogP contribution in [0.15, 0.2) is 65.3 Å². The predicted molar refractivity (Wildman–Crippen MR) is 176 cm³/mol. The van der Waals surface area contributed by atoms with Crippen molar-refractivity contribution >= 4 is 41.0 Å². The summed E-state index contributed by atoms with van der Waals surface area (Å²) in [5.41, 5.74) is 2.31. The van der Waals surface area contributed by atoms with Crippen molar-refractivity contribution in [1.29, 1.82) is 5.26 Å². The number of benzene rings is 2. The molecule has 0 spiro atoms. The van der Waals surface area contributed by atoms with E-state index in [1.54, 1.807) is 82.3 Å². The van der Waals surface area contributed by atoms with Crippen molar-refractivity contribution in [2.24, 2.45) is 0 Å². The van der Waals surface area contributed by atoms with E-state index in [4.69, 9.17) is 30.2 Å². The number of nitrogens with zero attached hydrogens (tertiary/aromatic N) is 2. The molecule has 4 aromatic rings. The number of alkyl carbamates (subject to hydrolysis) is 1. The Balaban J connectivity index is 1.70. The van der Waals surface area contributed by atoms with E-state index in [1.165, 1.54) is 13.4 Å². The second-order valence-electron chi connectivity index (χ2n) is 11.3. The van der Waals surface area contributed by atoms with E-state index < -0.39 is 17.6 Å². The van der Waals surface area contributed by atoms with Gasteiger partial charge < -0.3 is 34.6 Å². The number of nitrogens with one attached hydrogen (secondary N) is 3. The standard InChI is InChI=1S/C34H34ClN5O7/c1-20-12-14-45-30(20)32(42)40-31-26(18-36)25(17-27(39-31)24-10-9-22(35)16-28(24)46-19-44-5)21-7-6-8-23(15-21)38-29(41)11-13-37-33(43)47-34(2,3)4/h6-10,12,14-17H,11,13,19H2,1-5H3,(H,37,43)(H,38,41)(H,39,40,42). The molecule has 2 heterocycles. The normalized spacial score (nSPS) is 10.9. The minimum Gasteiger partial charge on any atom is -0.467 e. The molecule has 3 amide bonds. The Hall–Kier alpha value is -5.38. The molecule has 0 radical (unpaired) electrons. The van der Waals surface area contributed by atoms with Gasteiger partial charge in [0.05, 0.1) is 12.0 Å². The molecule has 13 heteroatoms. The topological polar surface area (TPSA) is 165 Å². The van der Waals surface area contributed by atoms with Crippen molar-refractivity contribution in [2.45, 2.75) is 39.7 Å². The van der Waals surface area contributed by atoms with Gasteiger partial charge in [0.25, 0.3) is 5.91 Å². The SMILES string of the molecule is COCOc1cc(Cl)ccc1-c1cc(-c2cccc(NC(=O)CCNC(=O)OC(C)(C)C)c2)c(C#N)c(NC(=O)c2occc2C)n1. The Labute approximate surface area is 277 Å². The van der Waals surface area contributed by atoms with Crippen LogP contribution < -0.4 is 20.7 Å². The van der Waals surface area contributed by atoms with Gasteiger partial charge in [-0.2, -0.15) is 5.26 Å². The van der Waals surface area contributed by atoms with Crippen molar-refractivity contribution < 1.29 is 33.0 Å². The fourth-order valence-corrected chi connectivity index (χ4v) is 4.58. The third-order valence-corrected chi connectivity index (χ3v) is 6.70. The molecule has 0 aliphatic heterocycles. The first kappa shape index (κ1) is 34.5. The summed E-state index contributed by atoms with van der Waals surface area (Å²) < 4.78 is 21.4. The first-order chi connectivity index (χ1) is 22.4. The molecule has 0 saturated carbocycles. The number of nitriles is 1. The number of carbonyl (C=O) groups is 3. The lowest BCUT2D eigenvalue weighted by Crippen LogP contribution is -2.34. The highest BCUT2D eigenvalue weighted by molar-refractivity contribution is 6.30. The molecule has 0 saturated heterocycles. The monoisotopic (exact) mass is 659 g/mol. The number of rotatable bonds is 11. The quantitative estimate of drug-likeness (QED) is 0.145. The molecule has 47 heavy (non-hydrogen) atoms. The van der Waals surface area contributed by atoms with Gasteiger partial charge in [-0.05, 0) is 75.7 Å². The van der Waals surface area contributed by atoms with Gasteiger partial charge in [0.15, 0.2) is 18.4 Å². The molecule has 0 atom stereocenters. The van der Waals surface area contributed by atoms with Gasteiger partial charge in [0.1, 0.15) is 23.0 Å². The highest BCUT2D eigenvalue weighted by Crippen LogP contribution is 2.38. The highest BCUT2D eigenvalue weighted by Gasteiger charge is 2.22. The van der Waals surface area contributed by atoms with Crippen LogP contribution in [-0.2, 0) is 14.3 Å². The molecular weight excluding hydrogens is 626 g/mol. The fourth-order valence-electron chi connectivity index (χ4n) is 4.41. The summed E-state index contributed by atoms with van der Waals surface area (Å²) in [4.78, 5) is 42.4. The summed E-state index contributed by atoms with van der Waals surface area (Å²) in [6.07, 6.45) is 0.771. The smallest absolute Gasteiger partial charge is 0.407 e. The highest BCUT2D eigenvalue weighted by atomic mass is 35.5. The van der Waals surface area contributed by atoms with Gasteiger partial charge >= 0.3 is 6.09 Å². The van der Waals surface area contributed by atoms with E-state index in [-0.39, 0.29) is 42.8 Å². The summed E-state index contributed by atoms with van der Waals surface area (Å²) in [6, 6.07) is 17.3. The zero-order valence-corrected chi connectivity index (χ0v) is 27.3. The zero-order valence-electron chi connectivity index (χ0n) is 26.5. The molecule has 4 rings (SSSR count). The number of amides is 3. The maximum absolute atomic E-state index is 13.2. The second-order valence-corrected chi connectivity index (χ2v) is 11.7. The molecule has 2 aromatic carbocycles. The number of furan rings is 1. The van der Waals surface area contributed by atoms with E-state index in [1.807, 2.05) is 0 Å². The zero-order chi connectivity index (χ0) is 34.1. The summed E-state index contributed by atoms with van der Waals surface area (Å²) in [5.74, 6) is -0.521. The van der Waals surface area contributed by atoms with Crippen molar-refractivity contribution in [3.8, 4) is 34.2 Å². The Morgan fingerprint density at radius 2 is 1.83 bits per heavy atom. The number of hydrogen-bond acceptors (Lipinski definition) is 9. The van der Waals surface area contributed by atoms with Gasteiger partial charge in [-0.15, -0.1) is 0 Å². The van der Waals surface area contributed by atoms with Crippen molar-refractivity contribution in [3.63, 3.8) is 0 Å². The Bertz CT molecular complexity index is 1820. The molecule has 0 unspecified atom stereocenters. The molecule has 0 fully saturated rings. The Kier molecular flexibility index (Phi) is 11.2. The van der Waals surface area contributed by atoms with Crippen LogP contribution in [0.2, 0.25) is 5.02 Å². The predicted octanol–water partition coefficient (Wildman–Crippen LogP) is 6.93. The Morgan fingerprint density at radius 3 is 2.51 bits per heavy atom. The largest absolute Gasteiger partial charge is 0.467 e. The van der Waals surface area contributed by atoms with E-state index in [2.05, 4.69) is 27.0 Å². The second kappa shape index (κ2) is 15.3. The number of methoxy groups -OCH3 is 1. The lowest BCUT2D eigenvalue weighted by atomic mass is 9.97. The van der Waals surface area contributed by atoms with Crippen LogP contribution in [0.3, 0.4) is 0 Å².